The summed E-state index contributed by atoms with van der Waals surface area (Å²) in [5, 5.41) is 7.04. The van der Waals surface area contributed by atoms with E-state index < -0.39 is 0 Å². The van der Waals surface area contributed by atoms with Gasteiger partial charge in [0, 0.05) is 30.6 Å². The number of nitrogens with one attached hydrogen (secondary N) is 1. The Kier molecular flexibility index (Phi) is 5.38. The lowest BCUT2D eigenvalue weighted by Gasteiger charge is -2.09. The number of benzene rings is 1. The van der Waals surface area contributed by atoms with Crippen molar-refractivity contribution in [1.29, 1.82) is 0 Å². The van der Waals surface area contributed by atoms with Gasteiger partial charge in [-0.2, -0.15) is 5.10 Å². The van der Waals surface area contributed by atoms with E-state index in [1.165, 1.54) is 6.07 Å². The summed E-state index contributed by atoms with van der Waals surface area (Å²) < 4.78 is 6.35. The van der Waals surface area contributed by atoms with Crippen molar-refractivity contribution in [3.05, 3.63) is 76.8 Å². The van der Waals surface area contributed by atoms with Crippen LogP contribution < -0.4 is 15.6 Å². The Hall–Kier alpha value is -3.48. The number of carbonyl (C=O) groups is 1. The van der Waals surface area contributed by atoms with Gasteiger partial charge in [0.1, 0.15) is 12.3 Å². The molecule has 0 atom stereocenters. The van der Waals surface area contributed by atoms with Gasteiger partial charge in [-0.1, -0.05) is 18.2 Å². The van der Waals surface area contributed by atoms with Gasteiger partial charge in [-0.15, -0.1) is 0 Å². The summed E-state index contributed by atoms with van der Waals surface area (Å²) in [4.78, 5) is 28.1. The van der Waals surface area contributed by atoms with Crippen molar-refractivity contribution >= 4 is 5.91 Å². The number of methoxy groups -OCH3 is 1. The molecule has 0 radical (unpaired) electrons. The maximum Gasteiger partial charge on any atom is 0.267 e. The zero-order valence-electron chi connectivity index (χ0n) is 14.3. The van der Waals surface area contributed by atoms with Crippen molar-refractivity contribution < 1.29 is 9.53 Å². The fourth-order valence-electron chi connectivity index (χ4n) is 2.39. The standard InChI is InChI=1S/C19H18N4O3/c1-26-16-6-2-5-15(10-16)17-7-8-19(25)23(22-17)13-18(24)21-12-14-4-3-9-20-11-14/h2-11H,12-13H2,1H3,(H,21,24). The van der Waals surface area contributed by atoms with Crippen LogP contribution >= 0.6 is 0 Å². The highest BCUT2D eigenvalue weighted by Gasteiger charge is 2.08. The molecule has 0 bridgehead atoms. The molecular formula is C19H18N4O3. The fraction of sp³-hybridized carbons (Fsp3) is 0.158. The number of pyridine rings is 1. The van der Waals surface area contributed by atoms with Crippen molar-refractivity contribution in [2.45, 2.75) is 13.1 Å². The normalized spacial score (nSPS) is 10.3. The van der Waals surface area contributed by atoms with Crippen LogP contribution in [0.15, 0.2) is 65.7 Å². The van der Waals surface area contributed by atoms with E-state index in [1.54, 1.807) is 31.6 Å². The summed E-state index contributed by atoms with van der Waals surface area (Å²) in [6.07, 6.45) is 3.34. The van der Waals surface area contributed by atoms with E-state index in [0.717, 1.165) is 15.8 Å². The van der Waals surface area contributed by atoms with Crippen LogP contribution in [0.1, 0.15) is 5.56 Å². The van der Waals surface area contributed by atoms with E-state index in [2.05, 4.69) is 15.4 Å². The van der Waals surface area contributed by atoms with Crippen LogP contribution in [0.4, 0.5) is 0 Å². The van der Waals surface area contributed by atoms with Crippen LogP contribution in [0, 0.1) is 0 Å². The molecule has 0 unspecified atom stereocenters. The first-order valence-corrected chi connectivity index (χ1v) is 8.04. The zero-order valence-corrected chi connectivity index (χ0v) is 14.3. The molecule has 3 aromatic rings. The second kappa shape index (κ2) is 8.06. The second-order valence-corrected chi connectivity index (χ2v) is 5.58. The minimum absolute atomic E-state index is 0.156. The van der Waals surface area contributed by atoms with Crippen LogP contribution in [-0.4, -0.2) is 27.8 Å². The molecule has 3 rings (SSSR count). The molecule has 0 fully saturated rings. The van der Waals surface area contributed by atoms with Gasteiger partial charge >= 0.3 is 0 Å². The molecule has 0 aliphatic carbocycles. The van der Waals surface area contributed by atoms with E-state index in [4.69, 9.17) is 4.74 Å². The average molecular weight is 350 g/mol. The van der Waals surface area contributed by atoms with Crippen LogP contribution in [0.3, 0.4) is 0 Å². The minimum Gasteiger partial charge on any atom is -0.497 e. The van der Waals surface area contributed by atoms with E-state index in [-0.39, 0.29) is 18.0 Å². The second-order valence-electron chi connectivity index (χ2n) is 5.58. The maximum absolute atomic E-state index is 12.1. The van der Waals surface area contributed by atoms with Crippen molar-refractivity contribution in [3.8, 4) is 17.0 Å². The summed E-state index contributed by atoms with van der Waals surface area (Å²) in [6.45, 7) is 0.188. The number of ether oxygens (including phenoxy) is 1. The van der Waals surface area contributed by atoms with Gasteiger partial charge in [0.05, 0.1) is 12.8 Å². The molecule has 0 aliphatic heterocycles. The molecule has 0 aliphatic rings. The van der Waals surface area contributed by atoms with E-state index in [1.807, 2.05) is 30.3 Å². The van der Waals surface area contributed by atoms with Gasteiger partial charge in [-0.05, 0) is 29.8 Å². The molecule has 132 valence electrons. The van der Waals surface area contributed by atoms with Gasteiger partial charge in [0.15, 0.2) is 0 Å². The zero-order chi connectivity index (χ0) is 18.4. The highest BCUT2D eigenvalue weighted by Crippen LogP contribution is 2.20. The van der Waals surface area contributed by atoms with Crippen molar-refractivity contribution in [3.63, 3.8) is 0 Å². The van der Waals surface area contributed by atoms with Gasteiger partial charge < -0.3 is 10.1 Å². The van der Waals surface area contributed by atoms with Crippen LogP contribution in [0.25, 0.3) is 11.3 Å². The molecule has 0 spiro atoms. The molecule has 2 heterocycles. The summed E-state index contributed by atoms with van der Waals surface area (Å²) in [5.74, 6) is 0.391. The Balaban J connectivity index is 1.73. The molecule has 1 N–H and O–H groups in total. The molecule has 7 heteroatoms. The number of hydrogen-bond donors (Lipinski definition) is 1. The van der Waals surface area contributed by atoms with Crippen molar-refractivity contribution in [1.82, 2.24) is 20.1 Å². The summed E-state index contributed by atoms with van der Waals surface area (Å²) in [6, 6.07) is 14.0. The smallest absolute Gasteiger partial charge is 0.267 e. The Bertz CT molecular complexity index is 954. The number of amides is 1. The van der Waals surface area contributed by atoms with Gasteiger partial charge in [-0.25, -0.2) is 4.68 Å². The first-order valence-electron chi connectivity index (χ1n) is 8.04. The van der Waals surface area contributed by atoms with E-state index >= 15 is 0 Å². The van der Waals surface area contributed by atoms with E-state index in [0.29, 0.717) is 18.0 Å². The number of rotatable bonds is 6. The molecule has 7 nitrogen and oxygen atoms in total. The lowest BCUT2D eigenvalue weighted by molar-refractivity contribution is -0.122. The first-order chi connectivity index (χ1) is 12.7. The molecular weight excluding hydrogens is 332 g/mol. The summed E-state index contributed by atoms with van der Waals surface area (Å²) in [5.41, 5.74) is 1.93. The maximum atomic E-state index is 12.1. The predicted molar refractivity (Wildman–Crippen MR) is 96.6 cm³/mol. The largest absolute Gasteiger partial charge is 0.497 e. The highest BCUT2D eigenvalue weighted by molar-refractivity contribution is 5.75. The average Bonchev–Trinajstić information content (AvgIpc) is 2.69. The van der Waals surface area contributed by atoms with Crippen LogP contribution in [0.2, 0.25) is 0 Å². The molecule has 1 aromatic carbocycles. The predicted octanol–water partition coefficient (Wildman–Crippen LogP) is 1.63. The summed E-state index contributed by atoms with van der Waals surface area (Å²) in [7, 11) is 1.58. The van der Waals surface area contributed by atoms with Crippen molar-refractivity contribution in [2.75, 3.05) is 7.11 Å². The third kappa shape index (κ3) is 4.32. The molecule has 1 amide bonds. The van der Waals surface area contributed by atoms with Crippen molar-refractivity contribution in [2.24, 2.45) is 0 Å². The third-order valence-electron chi connectivity index (χ3n) is 3.74. The quantitative estimate of drug-likeness (QED) is 0.730. The van der Waals surface area contributed by atoms with Gasteiger partial charge in [-0.3, -0.25) is 14.6 Å². The Labute approximate surface area is 150 Å². The Morgan fingerprint density at radius 3 is 2.85 bits per heavy atom. The molecule has 26 heavy (non-hydrogen) atoms. The van der Waals surface area contributed by atoms with Crippen LogP contribution in [-0.2, 0) is 17.9 Å². The molecule has 2 aromatic heterocycles. The highest BCUT2D eigenvalue weighted by atomic mass is 16.5. The monoisotopic (exact) mass is 350 g/mol. The number of carbonyl (C=O) groups excluding carboxylic acids is 1. The van der Waals surface area contributed by atoms with Crippen LogP contribution in [0.5, 0.6) is 5.75 Å². The Morgan fingerprint density at radius 2 is 2.08 bits per heavy atom. The Morgan fingerprint density at radius 1 is 1.19 bits per heavy atom. The molecule has 0 saturated carbocycles. The number of aromatic nitrogens is 3. The summed E-state index contributed by atoms with van der Waals surface area (Å²) >= 11 is 0. The van der Waals surface area contributed by atoms with E-state index in [9.17, 15) is 9.59 Å². The number of hydrogen-bond acceptors (Lipinski definition) is 5. The lowest BCUT2D eigenvalue weighted by atomic mass is 10.1. The lowest BCUT2D eigenvalue weighted by Crippen LogP contribution is -2.33. The van der Waals surface area contributed by atoms with Gasteiger partial charge in [0.2, 0.25) is 5.91 Å². The third-order valence-corrected chi connectivity index (χ3v) is 3.74. The SMILES string of the molecule is COc1cccc(-c2ccc(=O)n(CC(=O)NCc3cccnc3)n2)c1. The number of nitrogens with zero attached hydrogens (tertiary/aromatic N) is 3. The van der Waals surface area contributed by atoms with Gasteiger partial charge in [0.25, 0.3) is 5.56 Å². The minimum atomic E-state index is -0.340. The topological polar surface area (TPSA) is 86.1 Å². The molecule has 0 saturated heterocycles. The first kappa shape index (κ1) is 17.3. The fourth-order valence-corrected chi connectivity index (χ4v) is 2.39.